The Morgan fingerprint density at radius 3 is 2.53 bits per heavy atom. The quantitative estimate of drug-likeness (QED) is 0.327. The van der Waals surface area contributed by atoms with Gasteiger partial charge in [-0.05, 0) is 54.4 Å². The van der Waals surface area contributed by atoms with Crippen LogP contribution in [0.1, 0.15) is 11.1 Å². The summed E-state index contributed by atoms with van der Waals surface area (Å²) in [6.07, 6.45) is -3.59. The standard InChI is InChI=1S/C27H24F3N5O2.ClH/c28-27(29,30)19-4-3-5-20(17-19)35-23-7-2-1-6-21(23)25(32-35)34-14-12-33(13-15-34)11-10-18-8-9-22-24(16-18)37-26(36)31-22;/h1-9,16-17H,10-15H2,(H,31,36);1H. The number of benzene rings is 3. The van der Waals surface area contributed by atoms with Gasteiger partial charge >= 0.3 is 11.9 Å². The van der Waals surface area contributed by atoms with E-state index in [1.807, 2.05) is 42.5 Å². The number of halogens is 4. The van der Waals surface area contributed by atoms with Crippen molar-refractivity contribution >= 4 is 40.2 Å². The Balaban J connectivity index is 0.00000294. The molecule has 0 atom stereocenters. The molecule has 6 rings (SSSR count). The number of alkyl halides is 3. The zero-order chi connectivity index (χ0) is 25.6. The third-order valence-electron chi connectivity index (χ3n) is 6.86. The van der Waals surface area contributed by atoms with Gasteiger partial charge in [0, 0.05) is 38.1 Å². The Bertz CT molecular complexity index is 1630. The lowest BCUT2D eigenvalue weighted by Gasteiger charge is -2.35. The van der Waals surface area contributed by atoms with Gasteiger partial charge in [0.25, 0.3) is 0 Å². The van der Waals surface area contributed by atoms with Crippen molar-refractivity contribution in [2.75, 3.05) is 37.6 Å². The summed E-state index contributed by atoms with van der Waals surface area (Å²) in [6.45, 7) is 4.07. The average molecular weight is 544 g/mol. The number of nitrogens with one attached hydrogen (secondary N) is 1. The first-order valence-corrected chi connectivity index (χ1v) is 12.1. The number of nitrogens with zero attached hydrogens (tertiary/aromatic N) is 4. The van der Waals surface area contributed by atoms with E-state index in [4.69, 9.17) is 9.52 Å². The Labute approximate surface area is 221 Å². The van der Waals surface area contributed by atoms with Crippen molar-refractivity contribution in [3.63, 3.8) is 0 Å². The normalized spacial score (nSPS) is 14.8. The summed E-state index contributed by atoms with van der Waals surface area (Å²) in [5.74, 6) is 0.326. The van der Waals surface area contributed by atoms with Crippen LogP contribution in [0.4, 0.5) is 19.0 Å². The average Bonchev–Trinajstić information content (AvgIpc) is 3.47. The van der Waals surface area contributed by atoms with Crippen LogP contribution in [0, 0.1) is 0 Å². The summed E-state index contributed by atoms with van der Waals surface area (Å²) in [6, 6.07) is 18.6. The molecular weight excluding hydrogens is 519 g/mol. The molecule has 2 aromatic heterocycles. The van der Waals surface area contributed by atoms with E-state index >= 15 is 0 Å². The van der Waals surface area contributed by atoms with Crippen molar-refractivity contribution in [1.29, 1.82) is 0 Å². The maximum Gasteiger partial charge on any atom is 0.417 e. The van der Waals surface area contributed by atoms with Gasteiger partial charge in [-0.3, -0.25) is 9.88 Å². The fourth-order valence-corrected chi connectivity index (χ4v) is 4.91. The number of rotatable bonds is 5. The fourth-order valence-electron chi connectivity index (χ4n) is 4.91. The number of fused-ring (bicyclic) bond motifs is 2. The highest BCUT2D eigenvalue weighted by Gasteiger charge is 2.31. The molecule has 7 nitrogen and oxygen atoms in total. The zero-order valence-corrected chi connectivity index (χ0v) is 21.1. The number of aromatic nitrogens is 3. The Hall–Kier alpha value is -3.76. The largest absolute Gasteiger partial charge is 0.417 e. The fraction of sp³-hybridized carbons (Fsp3) is 0.259. The Morgan fingerprint density at radius 1 is 0.947 bits per heavy atom. The van der Waals surface area contributed by atoms with Crippen LogP contribution >= 0.6 is 12.4 Å². The molecule has 0 aliphatic carbocycles. The summed E-state index contributed by atoms with van der Waals surface area (Å²) in [5, 5.41) is 5.69. The second-order valence-corrected chi connectivity index (χ2v) is 9.22. The van der Waals surface area contributed by atoms with E-state index in [-0.39, 0.29) is 12.4 Å². The number of hydrogen-bond donors (Lipinski definition) is 1. The van der Waals surface area contributed by atoms with Crippen LogP contribution in [0.3, 0.4) is 0 Å². The SMILES string of the molecule is Cl.O=c1[nH]c2ccc(CCN3CCN(c4nn(-c5cccc(C(F)(F)F)c5)c5ccccc45)CC3)cc2o1. The first-order valence-electron chi connectivity index (χ1n) is 12.1. The highest BCUT2D eigenvalue weighted by molar-refractivity contribution is 5.92. The van der Waals surface area contributed by atoms with Crippen molar-refractivity contribution in [3.8, 4) is 5.69 Å². The van der Waals surface area contributed by atoms with Gasteiger partial charge in [0.15, 0.2) is 11.4 Å². The van der Waals surface area contributed by atoms with E-state index < -0.39 is 17.5 Å². The third kappa shape index (κ3) is 5.01. The number of para-hydroxylation sites is 1. The molecule has 0 saturated carbocycles. The molecule has 0 unspecified atom stereocenters. The van der Waals surface area contributed by atoms with E-state index in [2.05, 4.69) is 14.8 Å². The molecule has 0 radical (unpaired) electrons. The summed E-state index contributed by atoms with van der Waals surface area (Å²) in [7, 11) is 0. The lowest BCUT2D eigenvalue weighted by atomic mass is 10.1. The molecule has 0 amide bonds. The lowest BCUT2D eigenvalue weighted by Crippen LogP contribution is -2.47. The van der Waals surface area contributed by atoms with Crippen LogP contribution in [0.2, 0.25) is 0 Å². The molecule has 1 aliphatic rings. The van der Waals surface area contributed by atoms with Crippen molar-refractivity contribution in [2.24, 2.45) is 0 Å². The van der Waals surface area contributed by atoms with Crippen LogP contribution in [0.15, 0.2) is 75.9 Å². The number of anilines is 1. The van der Waals surface area contributed by atoms with E-state index in [9.17, 15) is 18.0 Å². The predicted molar refractivity (Wildman–Crippen MR) is 143 cm³/mol. The van der Waals surface area contributed by atoms with Crippen LogP contribution in [-0.2, 0) is 12.6 Å². The number of H-pyrrole nitrogens is 1. The zero-order valence-electron chi connectivity index (χ0n) is 20.2. The van der Waals surface area contributed by atoms with E-state index in [1.165, 1.54) is 6.07 Å². The number of oxazole rings is 1. The van der Waals surface area contributed by atoms with Crippen LogP contribution in [-0.4, -0.2) is 52.4 Å². The highest BCUT2D eigenvalue weighted by Crippen LogP contribution is 2.33. The van der Waals surface area contributed by atoms with Gasteiger partial charge in [0.2, 0.25) is 0 Å². The van der Waals surface area contributed by atoms with Crippen molar-refractivity contribution in [3.05, 3.63) is 88.4 Å². The molecule has 3 aromatic carbocycles. The van der Waals surface area contributed by atoms with Gasteiger partial charge < -0.3 is 9.32 Å². The van der Waals surface area contributed by atoms with Crippen LogP contribution < -0.4 is 10.7 Å². The van der Waals surface area contributed by atoms with Crippen LogP contribution in [0.5, 0.6) is 0 Å². The molecule has 3 heterocycles. The Morgan fingerprint density at radius 2 is 1.74 bits per heavy atom. The van der Waals surface area contributed by atoms with Gasteiger partial charge in [-0.2, -0.15) is 13.2 Å². The second kappa shape index (κ2) is 10.2. The first kappa shape index (κ1) is 25.9. The molecule has 1 saturated heterocycles. The molecule has 1 fully saturated rings. The predicted octanol–water partition coefficient (Wildman–Crippen LogP) is 5.27. The summed E-state index contributed by atoms with van der Waals surface area (Å²) in [5.41, 5.74) is 2.81. The van der Waals surface area contributed by atoms with Gasteiger partial charge in [0.1, 0.15) is 0 Å². The number of aromatic amines is 1. The maximum atomic E-state index is 13.3. The monoisotopic (exact) mass is 543 g/mol. The van der Waals surface area contributed by atoms with E-state index in [1.54, 1.807) is 10.7 Å². The Kier molecular flexibility index (Phi) is 6.93. The van der Waals surface area contributed by atoms with Crippen molar-refractivity contribution < 1.29 is 17.6 Å². The lowest BCUT2D eigenvalue weighted by molar-refractivity contribution is -0.137. The molecule has 0 bridgehead atoms. The first-order chi connectivity index (χ1) is 17.8. The smallest absolute Gasteiger partial charge is 0.408 e. The number of hydrogen-bond acceptors (Lipinski definition) is 5. The molecule has 5 aromatic rings. The minimum absolute atomic E-state index is 0. The minimum atomic E-state index is -4.42. The third-order valence-corrected chi connectivity index (χ3v) is 6.86. The van der Waals surface area contributed by atoms with Crippen molar-refractivity contribution in [2.45, 2.75) is 12.6 Å². The molecule has 1 N–H and O–H groups in total. The topological polar surface area (TPSA) is 70.3 Å². The van der Waals surface area contributed by atoms with Gasteiger partial charge in [-0.25, -0.2) is 9.48 Å². The van der Waals surface area contributed by atoms with Gasteiger partial charge in [-0.15, -0.1) is 17.5 Å². The molecule has 11 heteroatoms. The van der Waals surface area contributed by atoms with Gasteiger partial charge in [0.05, 0.1) is 22.3 Å². The minimum Gasteiger partial charge on any atom is -0.408 e. The molecular formula is C27H25ClF3N5O2. The van der Waals surface area contributed by atoms with Gasteiger partial charge in [-0.1, -0.05) is 24.3 Å². The summed E-state index contributed by atoms with van der Waals surface area (Å²) >= 11 is 0. The van der Waals surface area contributed by atoms with E-state index in [0.717, 1.165) is 73.6 Å². The number of piperazine rings is 1. The van der Waals surface area contributed by atoms with Crippen LogP contribution in [0.25, 0.3) is 27.7 Å². The highest BCUT2D eigenvalue weighted by atomic mass is 35.5. The molecule has 0 spiro atoms. The molecule has 1 aliphatic heterocycles. The molecule has 38 heavy (non-hydrogen) atoms. The summed E-state index contributed by atoms with van der Waals surface area (Å²) < 4.78 is 46.7. The maximum absolute atomic E-state index is 13.3. The molecule has 198 valence electrons. The second-order valence-electron chi connectivity index (χ2n) is 9.22. The van der Waals surface area contributed by atoms with Crippen molar-refractivity contribution in [1.82, 2.24) is 19.7 Å². The van der Waals surface area contributed by atoms with E-state index in [0.29, 0.717) is 16.8 Å². The summed E-state index contributed by atoms with van der Waals surface area (Å²) in [4.78, 5) is 18.6.